The second-order valence-electron chi connectivity index (χ2n) is 3.94. The molecule has 0 aliphatic heterocycles. The number of amides is 1. The van der Waals surface area contributed by atoms with E-state index in [4.69, 9.17) is 35.3 Å². The zero-order valence-electron chi connectivity index (χ0n) is 10.1. The Bertz CT molecular complexity index is 465. The van der Waals surface area contributed by atoms with Crippen molar-refractivity contribution in [3.05, 3.63) is 34.3 Å². The van der Waals surface area contributed by atoms with E-state index in [2.05, 4.69) is 0 Å². The van der Waals surface area contributed by atoms with E-state index in [0.717, 1.165) is 17.7 Å². The SMILES string of the molecule is CCN(CC(N)=O)Cc1ccc(C(N)=S)cc1Cl. The fourth-order valence-electron chi connectivity index (χ4n) is 1.57. The third-order valence-electron chi connectivity index (χ3n) is 2.56. The molecule has 1 amide bonds. The first-order valence-corrected chi connectivity index (χ1v) is 6.31. The Balaban J connectivity index is 2.83. The van der Waals surface area contributed by atoms with Crippen LogP contribution in [-0.2, 0) is 11.3 Å². The van der Waals surface area contributed by atoms with Gasteiger partial charge in [-0.1, -0.05) is 42.9 Å². The highest BCUT2D eigenvalue weighted by Crippen LogP contribution is 2.19. The van der Waals surface area contributed by atoms with E-state index in [1.165, 1.54) is 0 Å². The van der Waals surface area contributed by atoms with E-state index in [9.17, 15) is 4.79 Å². The van der Waals surface area contributed by atoms with Crippen molar-refractivity contribution in [1.29, 1.82) is 0 Å². The molecule has 1 aromatic carbocycles. The topological polar surface area (TPSA) is 72.3 Å². The van der Waals surface area contributed by atoms with Gasteiger partial charge >= 0.3 is 0 Å². The molecule has 0 bridgehead atoms. The van der Waals surface area contributed by atoms with Gasteiger partial charge in [0.15, 0.2) is 0 Å². The number of nitrogens with zero attached hydrogens (tertiary/aromatic N) is 1. The Morgan fingerprint density at radius 3 is 2.56 bits per heavy atom. The first kappa shape index (κ1) is 14.9. The second kappa shape index (κ2) is 6.68. The largest absolute Gasteiger partial charge is 0.389 e. The van der Waals surface area contributed by atoms with E-state index in [1.807, 2.05) is 24.0 Å². The normalized spacial score (nSPS) is 10.6. The molecular formula is C12H16ClN3OS. The van der Waals surface area contributed by atoms with Crippen LogP contribution in [0, 0.1) is 0 Å². The minimum atomic E-state index is -0.354. The van der Waals surface area contributed by atoms with Gasteiger partial charge in [0.25, 0.3) is 0 Å². The van der Waals surface area contributed by atoms with E-state index >= 15 is 0 Å². The molecule has 0 spiro atoms. The Hall–Kier alpha value is -1.17. The van der Waals surface area contributed by atoms with Crippen LogP contribution in [-0.4, -0.2) is 28.9 Å². The van der Waals surface area contributed by atoms with Gasteiger partial charge in [0, 0.05) is 17.1 Å². The molecule has 0 unspecified atom stereocenters. The minimum absolute atomic E-state index is 0.212. The van der Waals surface area contributed by atoms with Crippen LogP contribution in [0.25, 0.3) is 0 Å². The van der Waals surface area contributed by atoms with Crippen molar-refractivity contribution in [2.75, 3.05) is 13.1 Å². The Labute approximate surface area is 117 Å². The fourth-order valence-corrected chi connectivity index (χ4v) is 1.94. The average Bonchev–Trinajstić information content (AvgIpc) is 2.29. The van der Waals surface area contributed by atoms with Gasteiger partial charge in [0.05, 0.1) is 6.54 Å². The molecule has 0 aromatic heterocycles. The third kappa shape index (κ3) is 4.25. The summed E-state index contributed by atoms with van der Waals surface area (Å²) in [6, 6.07) is 5.42. The summed E-state index contributed by atoms with van der Waals surface area (Å²) in [4.78, 5) is 13.1. The van der Waals surface area contributed by atoms with E-state index in [0.29, 0.717) is 16.6 Å². The van der Waals surface area contributed by atoms with Crippen molar-refractivity contribution >= 4 is 34.7 Å². The number of hydrogen-bond donors (Lipinski definition) is 2. The molecule has 0 radical (unpaired) electrons. The smallest absolute Gasteiger partial charge is 0.231 e. The quantitative estimate of drug-likeness (QED) is 0.773. The molecule has 0 heterocycles. The summed E-state index contributed by atoms with van der Waals surface area (Å²) >= 11 is 11.0. The summed E-state index contributed by atoms with van der Waals surface area (Å²) in [6.45, 7) is 3.45. The lowest BCUT2D eigenvalue weighted by Gasteiger charge is -2.19. The van der Waals surface area contributed by atoms with Gasteiger partial charge in [-0.05, 0) is 18.2 Å². The molecule has 18 heavy (non-hydrogen) atoms. The zero-order valence-corrected chi connectivity index (χ0v) is 11.7. The molecule has 0 aliphatic carbocycles. The Morgan fingerprint density at radius 1 is 1.44 bits per heavy atom. The molecule has 4 nitrogen and oxygen atoms in total. The van der Waals surface area contributed by atoms with Crippen molar-refractivity contribution in [3.63, 3.8) is 0 Å². The number of halogens is 1. The van der Waals surface area contributed by atoms with Gasteiger partial charge < -0.3 is 11.5 Å². The summed E-state index contributed by atoms with van der Waals surface area (Å²) in [7, 11) is 0. The van der Waals surface area contributed by atoms with Gasteiger partial charge in [-0.25, -0.2) is 0 Å². The van der Waals surface area contributed by atoms with E-state index in [-0.39, 0.29) is 12.5 Å². The monoisotopic (exact) mass is 285 g/mol. The number of carbonyl (C=O) groups is 1. The molecule has 4 N–H and O–H groups in total. The number of nitrogens with two attached hydrogens (primary N) is 2. The van der Waals surface area contributed by atoms with Crippen LogP contribution < -0.4 is 11.5 Å². The molecule has 98 valence electrons. The number of primary amides is 1. The highest BCUT2D eigenvalue weighted by atomic mass is 35.5. The minimum Gasteiger partial charge on any atom is -0.389 e. The lowest BCUT2D eigenvalue weighted by atomic mass is 10.1. The van der Waals surface area contributed by atoms with Crippen molar-refractivity contribution in [2.24, 2.45) is 11.5 Å². The van der Waals surface area contributed by atoms with Gasteiger partial charge in [0.1, 0.15) is 4.99 Å². The predicted molar refractivity (Wildman–Crippen MR) is 77.5 cm³/mol. The van der Waals surface area contributed by atoms with Gasteiger partial charge in [-0.3, -0.25) is 9.69 Å². The van der Waals surface area contributed by atoms with Crippen LogP contribution >= 0.6 is 23.8 Å². The van der Waals surface area contributed by atoms with Crippen molar-refractivity contribution in [3.8, 4) is 0 Å². The summed E-state index contributed by atoms with van der Waals surface area (Å²) in [5, 5.41) is 0.586. The van der Waals surface area contributed by atoms with Gasteiger partial charge in [-0.15, -0.1) is 0 Å². The lowest BCUT2D eigenvalue weighted by Crippen LogP contribution is -2.33. The van der Waals surface area contributed by atoms with Gasteiger partial charge in [0.2, 0.25) is 5.91 Å². The molecule has 0 saturated carbocycles. The zero-order chi connectivity index (χ0) is 13.7. The Kier molecular flexibility index (Phi) is 5.53. The second-order valence-corrected chi connectivity index (χ2v) is 4.79. The maximum Gasteiger partial charge on any atom is 0.231 e. The number of thiocarbonyl (C=S) groups is 1. The Morgan fingerprint density at radius 2 is 2.11 bits per heavy atom. The maximum atomic E-state index is 10.9. The number of hydrogen-bond acceptors (Lipinski definition) is 3. The number of likely N-dealkylation sites (N-methyl/N-ethyl adjacent to an activating group) is 1. The highest BCUT2D eigenvalue weighted by molar-refractivity contribution is 7.80. The molecule has 0 atom stereocenters. The molecule has 6 heteroatoms. The van der Waals surface area contributed by atoms with E-state index in [1.54, 1.807) is 6.07 Å². The van der Waals surface area contributed by atoms with Crippen LogP contribution in [0.4, 0.5) is 0 Å². The lowest BCUT2D eigenvalue weighted by molar-refractivity contribution is -0.119. The van der Waals surface area contributed by atoms with Gasteiger partial charge in [-0.2, -0.15) is 0 Å². The van der Waals surface area contributed by atoms with Crippen LogP contribution in [0.3, 0.4) is 0 Å². The molecule has 1 aromatic rings. The molecular weight excluding hydrogens is 270 g/mol. The number of benzene rings is 1. The summed E-state index contributed by atoms with van der Waals surface area (Å²) in [5.74, 6) is -0.354. The van der Waals surface area contributed by atoms with Crippen molar-refractivity contribution in [2.45, 2.75) is 13.5 Å². The summed E-state index contributed by atoms with van der Waals surface area (Å²) in [6.07, 6.45) is 0. The maximum absolute atomic E-state index is 10.9. The number of carbonyl (C=O) groups excluding carboxylic acids is 1. The third-order valence-corrected chi connectivity index (χ3v) is 3.15. The molecule has 0 saturated heterocycles. The standard InChI is InChI=1S/C12H16ClN3OS/c1-2-16(7-11(14)17)6-9-4-3-8(12(15)18)5-10(9)13/h3-5H,2,6-7H2,1H3,(H2,14,17)(H2,15,18). The fraction of sp³-hybridized carbons (Fsp3) is 0.333. The highest BCUT2D eigenvalue weighted by Gasteiger charge is 2.10. The first-order chi connectivity index (χ1) is 8.43. The number of rotatable bonds is 6. The molecule has 0 aliphatic rings. The average molecular weight is 286 g/mol. The predicted octanol–water partition coefficient (Wildman–Crippen LogP) is 1.28. The molecule has 1 rings (SSSR count). The van der Waals surface area contributed by atoms with Crippen LogP contribution in [0.1, 0.15) is 18.1 Å². The summed E-state index contributed by atoms with van der Waals surface area (Å²) in [5.41, 5.74) is 12.4. The van der Waals surface area contributed by atoms with Crippen LogP contribution in [0.2, 0.25) is 5.02 Å². The van der Waals surface area contributed by atoms with Crippen molar-refractivity contribution < 1.29 is 4.79 Å². The first-order valence-electron chi connectivity index (χ1n) is 5.53. The summed E-state index contributed by atoms with van der Waals surface area (Å²) < 4.78 is 0. The van der Waals surface area contributed by atoms with Crippen LogP contribution in [0.5, 0.6) is 0 Å². The van der Waals surface area contributed by atoms with Crippen LogP contribution in [0.15, 0.2) is 18.2 Å². The van der Waals surface area contributed by atoms with Crippen molar-refractivity contribution in [1.82, 2.24) is 4.90 Å². The van der Waals surface area contributed by atoms with E-state index < -0.39 is 0 Å². The molecule has 0 fully saturated rings.